The Morgan fingerprint density at radius 1 is 1.12 bits per heavy atom. The Bertz CT molecular complexity index is 361. The Morgan fingerprint density at radius 3 is 2.12 bits per heavy atom. The molecule has 0 aliphatic rings. The number of para-hydroxylation sites is 1. The summed E-state index contributed by atoms with van der Waals surface area (Å²) in [5.74, 6) is 1.45. The van der Waals surface area contributed by atoms with Crippen molar-refractivity contribution < 1.29 is 9.47 Å². The van der Waals surface area contributed by atoms with E-state index in [-0.39, 0.29) is 23.9 Å². The van der Waals surface area contributed by atoms with Gasteiger partial charge in [-0.3, -0.25) is 0 Å². The van der Waals surface area contributed by atoms with Gasteiger partial charge in [0.25, 0.3) is 0 Å². The Hall–Kier alpha value is -0.930. The molecule has 2 N–H and O–H groups in total. The summed E-state index contributed by atoms with van der Waals surface area (Å²) in [4.78, 5) is 0. The number of methoxy groups -OCH3 is 2. The van der Waals surface area contributed by atoms with Crippen LogP contribution in [-0.2, 0) is 0 Å². The summed E-state index contributed by atoms with van der Waals surface area (Å²) < 4.78 is 10.6. The molecule has 0 heterocycles. The maximum absolute atomic E-state index is 6.24. The molecule has 0 saturated heterocycles. The summed E-state index contributed by atoms with van der Waals surface area (Å²) in [7, 11) is 3.26. The van der Waals surface area contributed by atoms with Crippen LogP contribution in [0, 0.1) is 5.41 Å². The lowest BCUT2D eigenvalue weighted by atomic mass is 9.82. The molecular weight excluding hydrogens is 238 g/mol. The minimum absolute atomic E-state index is 0. The van der Waals surface area contributed by atoms with E-state index in [1.54, 1.807) is 14.2 Å². The number of halogens is 1. The molecule has 3 nitrogen and oxygen atoms in total. The van der Waals surface area contributed by atoms with Crippen molar-refractivity contribution in [2.45, 2.75) is 26.8 Å². The van der Waals surface area contributed by atoms with Crippen LogP contribution in [0.5, 0.6) is 11.5 Å². The molecule has 0 aromatic heterocycles. The molecule has 0 saturated carbocycles. The summed E-state index contributed by atoms with van der Waals surface area (Å²) in [6.45, 7) is 6.32. The number of rotatable bonds is 3. The number of benzene rings is 1. The molecule has 4 heteroatoms. The van der Waals surface area contributed by atoms with Gasteiger partial charge in [-0.2, -0.15) is 0 Å². The van der Waals surface area contributed by atoms with E-state index in [1.165, 1.54) is 0 Å². The largest absolute Gasteiger partial charge is 0.493 e. The topological polar surface area (TPSA) is 44.5 Å². The van der Waals surface area contributed by atoms with Gasteiger partial charge in [0.05, 0.1) is 14.2 Å². The van der Waals surface area contributed by atoms with Crippen LogP contribution >= 0.6 is 12.4 Å². The third-order valence-corrected chi connectivity index (χ3v) is 2.70. The highest BCUT2D eigenvalue weighted by Gasteiger charge is 2.26. The van der Waals surface area contributed by atoms with Gasteiger partial charge in [-0.1, -0.05) is 32.9 Å². The van der Waals surface area contributed by atoms with E-state index in [1.807, 2.05) is 18.2 Å². The average Bonchev–Trinajstić information content (AvgIpc) is 2.25. The lowest BCUT2D eigenvalue weighted by molar-refractivity contribution is 0.305. The quantitative estimate of drug-likeness (QED) is 0.907. The molecule has 1 atom stereocenters. The predicted molar refractivity (Wildman–Crippen MR) is 73.2 cm³/mol. The molecular formula is C13H22ClNO2. The summed E-state index contributed by atoms with van der Waals surface area (Å²) >= 11 is 0. The van der Waals surface area contributed by atoms with Crippen LogP contribution < -0.4 is 15.2 Å². The third kappa shape index (κ3) is 3.51. The minimum Gasteiger partial charge on any atom is -0.493 e. The molecule has 17 heavy (non-hydrogen) atoms. The number of nitrogens with two attached hydrogens (primary N) is 1. The third-order valence-electron chi connectivity index (χ3n) is 2.70. The lowest BCUT2D eigenvalue weighted by Gasteiger charge is -2.29. The van der Waals surface area contributed by atoms with Crippen LogP contribution in [0.1, 0.15) is 32.4 Å². The van der Waals surface area contributed by atoms with Gasteiger partial charge in [0.1, 0.15) is 0 Å². The van der Waals surface area contributed by atoms with Crippen LogP contribution in [-0.4, -0.2) is 14.2 Å². The van der Waals surface area contributed by atoms with Gasteiger partial charge >= 0.3 is 0 Å². The van der Waals surface area contributed by atoms with Crippen molar-refractivity contribution in [3.8, 4) is 11.5 Å². The van der Waals surface area contributed by atoms with Crippen molar-refractivity contribution in [1.29, 1.82) is 0 Å². The normalized spacial score (nSPS) is 12.6. The summed E-state index contributed by atoms with van der Waals surface area (Å²) in [5, 5.41) is 0. The molecule has 0 radical (unpaired) electrons. The van der Waals surface area contributed by atoms with Gasteiger partial charge in [0, 0.05) is 11.6 Å². The maximum atomic E-state index is 6.24. The SMILES string of the molecule is COc1cccc([C@@H](N)C(C)(C)C)c1OC.Cl. The zero-order chi connectivity index (χ0) is 12.3. The van der Waals surface area contributed by atoms with Crippen molar-refractivity contribution in [3.63, 3.8) is 0 Å². The summed E-state index contributed by atoms with van der Waals surface area (Å²) in [6, 6.07) is 5.70. The monoisotopic (exact) mass is 259 g/mol. The first-order valence-electron chi connectivity index (χ1n) is 5.38. The lowest BCUT2D eigenvalue weighted by Crippen LogP contribution is -2.26. The molecule has 98 valence electrons. The minimum atomic E-state index is -0.0856. The standard InChI is InChI=1S/C13H21NO2.ClH/c1-13(2,3)12(14)9-7-6-8-10(15-4)11(9)16-5;/h6-8,12H,14H2,1-5H3;1H/t12-;/m1./s1. The summed E-state index contributed by atoms with van der Waals surface area (Å²) in [6.07, 6.45) is 0. The van der Waals surface area contributed by atoms with E-state index >= 15 is 0 Å². The van der Waals surface area contributed by atoms with Crippen LogP contribution in [0.3, 0.4) is 0 Å². The van der Waals surface area contributed by atoms with Gasteiger partial charge in [-0.25, -0.2) is 0 Å². The average molecular weight is 260 g/mol. The highest BCUT2D eigenvalue weighted by atomic mass is 35.5. The zero-order valence-corrected chi connectivity index (χ0v) is 11.9. The first-order chi connectivity index (χ1) is 7.41. The highest BCUT2D eigenvalue weighted by molar-refractivity contribution is 5.85. The van der Waals surface area contributed by atoms with Crippen LogP contribution in [0.2, 0.25) is 0 Å². The second kappa shape index (κ2) is 6.12. The van der Waals surface area contributed by atoms with Crippen molar-refractivity contribution in [2.24, 2.45) is 11.1 Å². The second-order valence-corrected chi connectivity index (χ2v) is 4.93. The Labute approximate surface area is 110 Å². The first-order valence-corrected chi connectivity index (χ1v) is 5.38. The second-order valence-electron chi connectivity index (χ2n) is 4.93. The molecule has 1 rings (SSSR count). The van der Waals surface area contributed by atoms with Gasteiger partial charge < -0.3 is 15.2 Å². The van der Waals surface area contributed by atoms with E-state index in [4.69, 9.17) is 15.2 Å². The van der Waals surface area contributed by atoms with Crippen molar-refractivity contribution >= 4 is 12.4 Å². The van der Waals surface area contributed by atoms with E-state index < -0.39 is 0 Å². The number of hydrogen-bond donors (Lipinski definition) is 1. The van der Waals surface area contributed by atoms with Crippen molar-refractivity contribution in [1.82, 2.24) is 0 Å². The Kier molecular flexibility index (Phi) is 5.79. The van der Waals surface area contributed by atoms with E-state index in [2.05, 4.69) is 20.8 Å². The molecule has 0 unspecified atom stereocenters. The van der Waals surface area contributed by atoms with Crippen LogP contribution in [0.4, 0.5) is 0 Å². The number of hydrogen-bond acceptors (Lipinski definition) is 3. The van der Waals surface area contributed by atoms with Gasteiger partial charge in [-0.05, 0) is 11.5 Å². The zero-order valence-electron chi connectivity index (χ0n) is 11.1. The molecule has 1 aromatic rings. The molecule has 0 aliphatic carbocycles. The molecule has 0 amide bonds. The Morgan fingerprint density at radius 2 is 1.71 bits per heavy atom. The molecule has 0 spiro atoms. The van der Waals surface area contributed by atoms with Crippen LogP contribution in [0.25, 0.3) is 0 Å². The fourth-order valence-electron chi connectivity index (χ4n) is 1.62. The highest BCUT2D eigenvalue weighted by Crippen LogP contribution is 2.39. The van der Waals surface area contributed by atoms with E-state index in [0.29, 0.717) is 0 Å². The fraction of sp³-hybridized carbons (Fsp3) is 0.538. The smallest absolute Gasteiger partial charge is 0.165 e. The molecule has 0 aliphatic heterocycles. The fourth-order valence-corrected chi connectivity index (χ4v) is 1.62. The van der Waals surface area contributed by atoms with Gasteiger partial charge in [0.2, 0.25) is 0 Å². The van der Waals surface area contributed by atoms with E-state index in [0.717, 1.165) is 17.1 Å². The predicted octanol–water partition coefficient (Wildman–Crippen LogP) is 3.17. The first kappa shape index (κ1) is 16.1. The molecule has 0 bridgehead atoms. The number of ether oxygens (including phenoxy) is 2. The van der Waals surface area contributed by atoms with Crippen molar-refractivity contribution in [2.75, 3.05) is 14.2 Å². The van der Waals surface area contributed by atoms with E-state index in [9.17, 15) is 0 Å². The van der Waals surface area contributed by atoms with Gasteiger partial charge in [-0.15, -0.1) is 12.4 Å². The van der Waals surface area contributed by atoms with Crippen LogP contribution in [0.15, 0.2) is 18.2 Å². The summed E-state index contributed by atoms with van der Waals surface area (Å²) in [5.41, 5.74) is 7.20. The maximum Gasteiger partial charge on any atom is 0.165 e. The Balaban J connectivity index is 0.00000256. The molecule has 1 aromatic carbocycles. The molecule has 0 fully saturated rings. The van der Waals surface area contributed by atoms with Crippen molar-refractivity contribution in [3.05, 3.63) is 23.8 Å². The van der Waals surface area contributed by atoms with Gasteiger partial charge in [0.15, 0.2) is 11.5 Å².